The maximum atomic E-state index is 12.8. The average molecular weight is 451 g/mol. The van der Waals surface area contributed by atoms with Crippen molar-refractivity contribution in [3.8, 4) is 0 Å². The minimum absolute atomic E-state index is 0.0542. The molecule has 1 heterocycles. The largest absolute Gasteiger partial charge is 0.416 e. The van der Waals surface area contributed by atoms with Gasteiger partial charge in [-0.15, -0.1) is 0 Å². The number of nitrogens with zero attached hydrogens (tertiary/aromatic N) is 3. The van der Waals surface area contributed by atoms with Crippen molar-refractivity contribution in [3.63, 3.8) is 0 Å². The number of hydrogen-bond acceptors (Lipinski definition) is 5. The van der Waals surface area contributed by atoms with Gasteiger partial charge < -0.3 is 0 Å². The number of hydrogen-bond donors (Lipinski definition) is 2. The lowest BCUT2D eigenvalue weighted by atomic mass is 10.1. The number of aromatic nitrogens is 2. The Balaban J connectivity index is 1.71. The number of rotatable bonds is 8. The molecule has 0 spiro atoms. The SMILES string of the molecule is CCCn1c(=O)n(CCC(=O)NNc2ccc(C(F)(F)F)cc2[N+](=O)[O-])c2ccccc21. The lowest BCUT2D eigenvalue weighted by Gasteiger charge is -2.11. The summed E-state index contributed by atoms with van der Waals surface area (Å²) in [4.78, 5) is 35.1. The van der Waals surface area contributed by atoms with Gasteiger partial charge in [-0.25, -0.2) is 4.79 Å². The van der Waals surface area contributed by atoms with Crippen LogP contribution in [0.1, 0.15) is 25.3 Å². The van der Waals surface area contributed by atoms with E-state index >= 15 is 0 Å². The van der Waals surface area contributed by atoms with E-state index in [2.05, 4.69) is 10.9 Å². The van der Waals surface area contributed by atoms with Gasteiger partial charge in [0.25, 0.3) is 5.69 Å². The summed E-state index contributed by atoms with van der Waals surface area (Å²) in [6.45, 7) is 2.52. The van der Waals surface area contributed by atoms with Crippen LogP contribution in [0.25, 0.3) is 11.0 Å². The number of imidazole rings is 1. The summed E-state index contributed by atoms with van der Waals surface area (Å²) < 4.78 is 41.5. The summed E-state index contributed by atoms with van der Waals surface area (Å²) in [6.07, 6.45) is -4.12. The van der Waals surface area contributed by atoms with Crippen LogP contribution in [0.5, 0.6) is 0 Å². The number of nitrogens with one attached hydrogen (secondary N) is 2. The van der Waals surface area contributed by atoms with Crippen molar-refractivity contribution in [2.45, 2.75) is 39.0 Å². The van der Waals surface area contributed by atoms with Gasteiger partial charge in [-0.2, -0.15) is 13.2 Å². The van der Waals surface area contributed by atoms with Crippen LogP contribution in [0.3, 0.4) is 0 Å². The van der Waals surface area contributed by atoms with Crippen LogP contribution in [-0.2, 0) is 24.1 Å². The van der Waals surface area contributed by atoms with E-state index in [0.29, 0.717) is 24.2 Å². The van der Waals surface area contributed by atoms with E-state index in [1.54, 1.807) is 16.7 Å². The predicted octanol–water partition coefficient (Wildman–Crippen LogP) is 3.67. The van der Waals surface area contributed by atoms with E-state index in [4.69, 9.17) is 0 Å². The first kappa shape index (κ1) is 22.8. The number of alkyl halides is 3. The zero-order valence-corrected chi connectivity index (χ0v) is 17.0. The van der Waals surface area contributed by atoms with Gasteiger partial charge >= 0.3 is 11.9 Å². The van der Waals surface area contributed by atoms with Gasteiger partial charge in [0.1, 0.15) is 5.69 Å². The molecule has 0 aliphatic rings. The molecule has 32 heavy (non-hydrogen) atoms. The van der Waals surface area contributed by atoms with Crippen LogP contribution in [0, 0.1) is 10.1 Å². The molecule has 9 nitrogen and oxygen atoms in total. The zero-order chi connectivity index (χ0) is 23.5. The van der Waals surface area contributed by atoms with E-state index in [9.17, 15) is 32.9 Å². The van der Waals surface area contributed by atoms with E-state index in [1.165, 1.54) is 4.57 Å². The average Bonchev–Trinajstić information content (AvgIpc) is 3.01. The van der Waals surface area contributed by atoms with Gasteiger partial charge in [-0.3, -0.25) is 34.9 Å². The summed E-state index contributed by atoms with van der Waals surface area (Å²) in [5.41, 5.74) is 3.36. The summed E-state index contributed by atoms with van der Waals surface area (Å²) >= 11 is 0. The maximum Gasteiger partial charge on any atom is 0.416 e. The number of benzene rings is 2. The molecule has 1 aromatic heterocycles. The second kappa shape index (κ2) is 9.12. The highest BCUT2D eigenvalue weighted by Gasteiger charge is 2.33. The molecule has 170 valence electrons. The topological polar surface area (TPSA) is 111 Å². The molecule has 0 unspecified atom stereocenters. The molecule has 0 aliphatic carbocycles. The zero-order valence-electron chi connectivity index (χ0n) is 17.0. The van der Waals surface area contributed by atoms with Crippen molar-refractivity contribution >= 4 is 28.3 Å². The summed E-state index contributed by atoms with van der Waals surface area (Å²) in [7, 11) is 0. The third-order valence-corrected chi connectivity index (χ3v) is 4.79. The quantitative estimate of drug-likeness (QED) is 0.401. The number of para-hydroxylation sites is 2. The predicted molar refractivity (Wildman–Crippen MR) is 111 cm³/mol. The number of carbonyl (C=O) groups excluding carboxylic acids is 1. The molecule has 0 fully saturated rings. The van der Waals surface area contributed by atoms with Crippen LogP contribution < -0.4 is 16.5 Å². The summed E-state index contributed by atoms with van der Waals surface area (Å²) in [5, 5.41) is 11.1. The molecule has 0 bridgehead atoms. The van der Waals surface area contributed by atoms with Crippen LogP contribution in [0.2, 0.25) is 0 Å². The Bertz CT molecular complexity index is 1220. The Kier molecular flexibility index (Phi) is 6.51. The third-order valence-electron chi connectivity index (χ3n) is 4.79. The Morgan fingerprint density at radius 3 is 2.28 bits per heavy atom. The highest BCUT2D eigenvalue weighted by Crippen LogP contribution is 2.34. The Morgan fingerprint density at radius 1 is 1.09 bits per heavy atom. The molecule has 0 radical (unpaired) electrons. The molecular formula is C20H20F3N5O4. The number of anilines is 1. The minimum Gasteiger partial charge on any atom is -0.292 e. The highest BCUT2D eigenvalue weighted by molar-refractivity contribution is 5.79. The molecule has 3 rings (SSSR count). The molecule has 3 aromatic rings. The second-order valence-corrected chi connectivity index (χ2v) is 6.98. The molecular weight excluding hydrogens is 431 g/mol. The molecule has 0 atom stereocenters. The number of aryl methyl sites for hydroxylation is 2. The van der Waals surface area contributed by atoms with E-state index in [1.807, 2.05) is 19.1 Å². The first-order valence-corrected chi connectivity index (χ1v) is 9.72. The van der Waals surface area contributed by atoms with Crippen molar-refractivity contribution in [2.75, 3.05) is 5.43 Å². The molecule has 1 amide bonds. The summed E-state index contributed by atoms with van der Waals surface area (Å²) in [5.74, 6) is -0.599. The lowest BCUT2D eigenvalue weighted by Crippen LogP contribution is -2.32. The van der Waals surface area contributed by atoms with Gasteiger partial charge in [0.2, 0.25) is 5.91 Å². The fraction of sp³-hybridized carbons (Fsp3) is 0.300. The van der Waals surface area contributed by atoms with Crippen LogP contribution in [-0.4, -0.2) is 20.0 Å². The molecule has 0 saturated heterocycles. The smallest absolute Gasteiger partial charge is 0.292 e. The van der Waals surface area contributed by atoms with Gasteiger partial charge in [0.05, 0.1) is 21.5 Å². The molecule has 0 aliphatic heterocycles. The molecule has 2 aromatic carbocycles. The van der Waals surface area contributed by atoms with Crippen molar-refractivity contribution in [2.24, 2.45) is 0 Å². The monoisotopic (exact) mass is 451 g/mol. The first-order valence-electron chi connectivity index (χ1n) is 9.72. The highest BCUT2D eigenvalue weighted by atomic mass is 19.4. The van der Waals surface area contributed by atoms with Gasteiger partial charge in [0.15, 0.2) is 0 Å². The standard InChI is InChI=1S/C20H20F3N5O4/c1-2-10-26-15-5-3-4-6-16(15)27(19(26)30)11-9-18(29)25-24-14-8-7-13(20(21,22)23)12-17(14)28(31)32/h3-8,12,24H,2,9-11H2,1H3,(H,25,29). The maximum absolute atomic E-state index is 12.8. The van der Waals surface area contributed by atoms with Crippen LogP contribution in [0.4, 0.5) is 24.5 Å². The number of amides is 1. The van der Waals surface area contributed by atoms with E-state index < -0.39 is 28.3 Å². The number of fused-ring (bicyclic) bond motifs is 1. The number of nitro benzene ring substituents is 1. The fourth-order valence-corrected chi connectivity index (χ4v) is 3.31. The van der Waals surface area contributed by atoms with Crippen molar-refractivity contribution < 1.29 is 22.9 Å². The van der Waals surface area contributed by atoms with E-state index in [-0.39, 0.29) is 24.3 Å². The van der Waals surface area contributed by atoms with Crippen molar-refractivity contribution in [3.05, 3.63) is 68.6 Å². The molecule has 2 N–H and O–H groups in total. The Hall–Kier alpha value is -3.83. The van der Waals surface area contributed by atoms with Crippen LogP contribution in [0.15, 0.2) is 47.3 Å². The van der Waals surface area contributed by atoms with Gasteiger partial charge in [-0.1, -0.05) is 19.1 Å². The third kappa shape index (κ3) is 4.74. The summed E-state index contributed by atoms with van der Waals surface area (Å²) in [6, 6.07) is 9.09. The van der Waals surface area contributed by atoms with Crippen LogP contribution >= 0.6 is 0 Å². The Morgan fingerprint density at radius 2 is 1.72 bits per heavy atom. The Labute approximate surface area is 179 Å². The van der Waals surface area contributed by atoms with Crippen molar-refractivity contribution in [1.82, 2.24) is 14.6 Å². The second-order valence-electron chi connectivity index (χ2n) is 6.98. The van der Waals surface area contributed by atoms with Gasteiger partial charge in [0, 0.05) is 25.6 Å². The number of halogens is 3. The van der Waals surface area contributed by atoms with Gasteiger partial charge in [-0.05, 0) is 30.7 Å². The molecule has 0 saturated carbocycles. The number of nitro groups is 1. The van der Waals surface area contributed by atoms with Crippen molar-refractivity contribution in [1.29, 1.82) is 0 Å². The normalized spacial score (nSPS) is 11.5. The number of carbonyl (C=O) groups is 1. The minimum atomic E-state index is -4.74. The lowest BCUT2D eigenvalue weighted by molar-refractivity contribution is -0.384. The van der Waals surface area contributed by atoms with E-state index in [0.717, 1.165) is 18.0 Å². The fourth-order valence-electron chi connectivity index (χ4n) is 3.31. The first-order chi connectivity index (χ1) is 15.1. The molecule has 12 heteroatoms. The number of hydrazine groups is 1.